The number of halogens is 1. The first-order chi connectivity index (χ1) is 9.79. The maximum atomic E-state index is 10.6. The number of hydrogen-bond acceptors (Lipinski definition) is 5. The second-order valence-corrected chi connectivity index (χ2v) is 5.37. The molecule has 1 atom stereocenters. The zero-order valence-electron chi connectivity index (χ0n) is 11.6. The lowest BCUT2D eigenvalue weighted by Gasteiger charge is -2.22. The number of aliphatic hydroxyl groups is 1. The molecule has 0 aliphatic heterocycles. The molecule has 0 aliphatic carbocycles. The van der Waals surface area contributed by atoms with E-state index >= 15 is 0 Å². The molecule has 0 saturated heterocycles. The smallest absolute Gasteiger partial charge is 0.271 e. The molecule has 0 saturated carbocycles. The van der Waals surface area contributed by atoms with E-state index in [1.165, 1.54) is 18.2 Å². The normalized spacial score (nSPS) is 13.7. The van der Waals surface area contributed by atoms with Gasteiger partial charge in [0.15, 0.2) is 0 Å². The lowest BCUT2D eigenvalue weighted by molar-refractivity contribution is -0.384. The third-order valence-corrected chi connectivity index (χ3v) is 3.37. The lowest BCUT2D eigenvalue weighted by atomic mass is 10.0. The van der Waals surface area contributed by atoms with Gasteiger partial charge < -0.3 is 14.8 Å². The van der Waals surface area contributed by atoms with Crippen LogP contribution < -0.4 is 5.32 Å². The van der Waals surface area contributed by atoms with E-state index in [1.807, 2.05) is 0 Å². The number of nitro groups is 1. The maximum absolute atomic E-state index is 10.6. The molecule has 2 aromatic rings. The van der Waals surface area contributed by atoms with Gasteiger partial charge in [0.25, 0.3) is 5.69 Å². The van der Waals surface area contributed by atoms with Crippen LogP contribution in [0.1, 0.15) is 18.4 Å². The van der Waals surface area contributed by atoms with E-state index in [4.69, 9.17) is 16.0 Å². The molecule has 1 aromatic heterocycles. The van der Waals surface area contributed by atoms with E-state index in [2.05, 4.69) is 5.32 Å². The van der Waals surface area contributed by atoms with Crippen molar-refractivity contribution < 1.29 is 14.4 Å². The molecule has 0 spiro atoms. The zero-order valence-corrected chi connectivity index (χ0v) is 12.3. The van der Waals surface area contributed by atoms with Gasteiger partial charge >= 0.3 is 0 Å². The minimum absolute atomic E-state index is 0.0843. The first kappa shape index (κ1) is 15.3. The molecular formula is C14H15ClN2O4. The first-order valence-electron chi connectivity index (χ1n) is 6.27. The number of hydrogen-bond donors (Lipinski definition) is 2. The number of aryl methyl sites for hydroxylation is 1. The maximum Gasteiger partial charge on any atom is 0.271 e. The minimum Gasteiger partial charge on any atom is -0.463 e. The fourth-order valence-electron chi connectivity index (χ4n) is 1.84. The van der Waals surface area contributed by atoms with Gasteiger partial charge in [0.2, 0.25) is 0 Å². The van der Waals surface area contributed by atoms with Gasteiger partial charge in [-0.15, -0.1) is 0 Å². The molecule has 0 aliphatic rings. The monoisotopic (exact) mass is 310 g/mol. The van der Waals surface area contributed by atoms with E-state index in [-0.39, 0.29) is 17.3 Å². The Bertz CT molecular complexity index is 667. The van der Waals surface area contributed by atoms with Gasteiger partial charge in [0.05, 0.1) is 22.2 Å². The number of anilines is 1. The Morgan fingerprint density at radius 3 is 2.67 bits per heavy atom. The Kier molecular flexibility index (Phi) is 4.20. The predicted octanol–water partition coefficient (Wildman–Crippen LogP) is 3.47. The second kappa shape index (κ2) is 5.75. The minimum atomic E-state index is -1.22. The summed E-state index contributed by atoms with van der Waals surface area (Å²) in [7, 11) is 0. The van der Waals surface area contributed by atoms with Gasteiger partial charge in [0.1, 0.15) is 17.1 Å². The van der Waals surface area contributed by atoms with Crippen molar-refractivity contribution in [1.29, 1.82) is 0 Å². The molecule has 0 radical (unpaired) electrons. The Morgan fingerprint density at radius 2 is 2.14 bits per heavy atom. The number of non-ortho nitro benzene ring substituents is 1. The van der Waals surface area contributed by atoms with Crippen molar-refractivity contribution in [3.8, 4) is 0 Å². The molecule has 2 rings (SSSR count). The summed E-state index contributed by atoms with van der Waals surface area (Å²) < 4.78 is 5.41. The van der Waals surface area contributed by atoms with Crippen LogP contribution in [-0.2, 0) is 5.60 Å². The van der Waals surface area contributed by atoms with Crippen molar-refractivity contribution in [2.45, 2.75) is 19.4 Å². The van der Waals surface area contributed by atoms with Crippen molar-refractivity contribution >= 4 is 23.0 Å². The summed E-state index contributed by atoms with van der Waals surface area (Å²) in [5.41, 5.74) is -0.802. The summed E-state index contributed by atoms with van der Waals surface area (Å²) in [5, 5.41) is 24.2. The fraction of sp³-hybridized carbons (Fsp3) is 0.286. The predicted molar refractivity (Wildman–Crippen MR) is 79.6 cm³/mol. The van der Waals surface area contributed by atoms with E-state index < -0.39 is 10.5 Å². The van der Waals surface area contributed by atoms with Gasteiger partial charge in [-0.2, -0.15) is 0 Å². The van der Waals surface area contributed by atoms with Crippen LogP contribution in [0.4, 0.5) is 11.4 Å². The second-order valence-electron chi connectivity index (χ2n) is 4.96. The molecule has 2 N–H and O–H groups in total. The Balaban J connectivity index is 2.10. The van der Waals surface area contributed by atoms with Crippen molar-refractivity contribution in [1.82, 2.24) is 0 Å². The molecule has 0 bridgehead atoms. The first-order valence-corrected chi connectivity index (χ1v) is 6.64. The quantitative estimate of drug-likeness (QED) is 0.652. The van der Waals surface area contributed by atoms with Gasteiger partial charge in [-0.3, -0.25) is 10.1 Å². The molecule has 7 heteroatoms. The Labute approximate surface area is 126 Å². The zero-order chi connectivity index (χ0) is 15.6. The molecule has 21 heavy (non-hydrogen) atoms. The SMILES string of the molecule is Cc1ccc(C(C)(O)CNc2ccc([N+](=O)[O-])cc2Cl)o1. The van der Waals surface area contributed by atoms with E-state index in [1.54, 1.807) is 26.0 Å². The van der Waals surface area contributed by atoms with Gasteiger partial charge in [-0.1, -0.05) is 11.6 Å². The average Bonchev–Trinajstić information content (AvgIpc) is 2.84. The highest BCUT2D eigenvalue weighted by Crippen LogP contribution is 2.29. The van der Waals surface area contributed by atoms with Crippen molar-refractivity contribution in [2.24, 2.45) is 0 Å². The molecule has 112 valence electrons. The highest BCUT2D eigenvalue weighted by Gasteiger charge is 2.27. The van der Waals surface area contributed by atoms with Crippen molar-refractivity contribution in [3.63, 3.8) is 0 Å². The molecule has 0 fully saturated rings. The molecule has 1 aromatic carbocycles. The summed E-state index contributed by atoms with van der Waals surface area (Å²) in [4.78, 5) is 10.1. The van der Waals surface area contributed by atoms with Crippen LogP contribution in [0.25, 0.3) is 0 Å². The number of rotatable bonds is 5. The fourth-order valence-corrected chi connectivity index (χ4v) is 2.08. The summed E-state index contributed by atoms with van der Waals surface area (Å²) >= 11 is 5.98. The number of nitrogens with one attached hydrogen (secondary N) is 1. The van der Waals surface area contributed by atoms with Crippen LogP contribution >= 0.6 is 11.6 Å². The largest absolute Gasteiger partial charge is 0.463 e. The average molecular weight is 311 g/mol. The van der Waals surface area contributed by atoms with E-state index in [0.29, 0.717) is 17.2 Å². The van der Waals surface area contributed by atoms with Crippen LogP contribution in [0.15, 0.2) is 34.7 Å². The lowest BCUT2D eigenvalue weighted by Crippen LogP contribution is -2.30. The van der Waals surface area contributed by atoms with Gasteiger partial charge in [0, 0.05) is 12.1 Å². The summed E-state index contributed by atoms with van der Waals surface area (Å²) in [6.07, 6.45) is 0. The Morgan fingerprint density at radius 1 is 1.43 bits per heavy atom. The van der Waals surface area contributed by atoms with Crippen LogP contribution in [0.5, 0.6) is 0 Å². The van der Waals surface area contributed by atoms with E-state index in [0.717, 1.165) is 0 Å². The van der Waals surface area contributed by atoms with Gasteiger partial charge in [-0.05, 0) is 32.0 Å². The van der Waals surface area contributed by atoms with Crippen LogP contribution in [0.2, 0.25) is 5.02 Å². The molecule has 6 nitrogen and oxygen atoms in total. The highest BCUT2D eigenvalue weighted by atomic mass is 35.5. The van der Waals surface area contributed by atoms with Crippen LogP contribution in [-0.4, -0.2) is 16.6 Å². The summed E-state index contributed by atoms with van der Waals surface area (Å²) in [5.74, 6) is 1.14. The van der Waals surface area contributed by atoms with E-state index in [9.17, 15) is 15.2 Å². The Hall–Kier alpha value is -2.05. The van der Waals surface area contributed by atoms with Crippen molar-refractivity contribution in [2.75, 3.05) is 11.9 Å². The number of nitrogens with zero attached hydrogens (tertiary/aromatic N) is 1. The highest BCUT2D eigenvalue weighted by molar-refractivity contribution is 6.33. The third-order valence-electron chi connectivity index (χ3n) is 3.06. The molecular weight excluding hydrogens is 296 g/mol. The summed E-state index contributed by atoms with van der Waals surface area (Å²) in [6.45, 7) is 3.55. The molecule has 1 unspecified atom stereocenters. The van der Waals surface area contributed by atoms with Crippen LogP contribution in [0, 0.1) is 17.0 Å². The number of furan rings is 1. The topological polar surface area (TPSA) is 88.5 Å². The summed E-state index contributed by atoms with van der Waals surface area (Å²) in [6, 6.07) is 7.58. The third kappa shape index (κ3) is 3.53. The molecule has 0 amide bonds. The molecule has 1 heterocycles. The number of nitro benzene ring substituents is 1. The standard InChI is InChI=1S/C14H15ClN2O4/c1-9-3-6-13(21-9)14(2,18)8-16-12-5-4-10(17(19)20)7-11(12)15/h3-7,16,18H,8H2,1-2H3. The van der Waals surface area contributed by atoms with Gasteiger partial charge in [-0.25, -0.2) is 0 Å². The number of benzene rings is 1. The van der Waals surface area contributed by atoms with Crippen LogP contribution in [0.3, 0.4) is 0 Å². The van der Waals surface area contributed by atoms with Crippen molar-refractivity contribution in [3.05, 3.63) is 57.0 Å².